The maximum Gasteiger partial charge on any atom is 0.233 e. The first kappa shape index (κ1) is 21.4. The van der Waals surface area contributed by atoms with Gasteiger partial charge in [-0.25, -0.2) is 22.0 Å². The molecule has 0 aliphatic carbocycles. The summed E-state index contributed by atoms with van der Waals surface area (Å²) in [6, 6.07) is 6.37. The number of rotatable bonds is 5. The molecule has 1 heterocycles. The number of ether oxygens (including phenoxy) is 1. The lowest BCUT2D eigenvalue weighted by Crippen LogP contribution is -2.48. The van der Waals surface area contributed by atoms with Gasteiger partial charge in [0.2, 0.25) is 15.7 Å². The van der Waals surface area contributed by atoms with Crippen molar-refractivity contribution in [1.82, 2.24) is 4.31 Å². The molecule has 29 heavy (non-hydrogen) atoms. The highest BCUT2D eigenvalue weighted by molar-refractivity contribution is 7.89. The third-order valence-electron chi connectivity index (χ3n) is 4.52. The van der Waals surface area contributed by atoms with Gasteiger partial charge in [-0.1, -0.05) is 17.7 Å². The van der Waals surface area contributed by atoms with E-state index in [4.69, 9.17) is 22.9 Å². The normalized spacial score (nSPS) is 22.4. The van der Waals surface area contributed by atoms with Gasteiger partial charge in [0.1, 0.15) is 17.5 Å². The molecule has 3 rings (SSSR count). The standard InChI is InChI=1S/C18H15ClF2N2O5S/c1-22-15-6-11(19)2-5-16(15)29(26,27)23-8-17(18(25,9-23)10-24)28-12-3-4-13(20)14(21)7-12/h2-7,17,24-25H,8-10H2/t17-,18+/m0/s1. The number of aliphatic hydroxyl groups is 2. The molecule has 2 N–H and O–H groups in total. The molecule has 154 valence electrons. The van der Waals surface area contributed by atoms with Gasteiger partial charge in [-0.15, -0.1) is 0 Å². The summed E-state index contributed by atoms with van der Waals surface area (Å²) in [6.07, 6.45) is -1.27. The smallest absolute Gasteiger partial charge is 0.233 e. The van der Waals surface area contributed by atoms with Crippen molar-refractivity contribution in [2.75, 3.05) is 19.7 Å². The molecule has 0 radical (unpaired) electrons. The van der Waals surface area contributed by atoms with Gasteiger partial charge < -0.3 is 14.9 Å². The number of hydrogen-bond donors (Lipinski definition) is 2. The Morgan fingerprint density at radius 3 is 2.62 bits per heavy atom. The molecular weight excluding hydrogens is 430 g/mol. The Balaban J connectivity index is 1.92. The minimum Gasteiger partial charge on any atom is -0.486 e. The Bertz CT molecular complexity index is 1090. The van der Waals surface area contributed by atoms with Crippen LogP contribution in [0.15, 0.2) is 41.3 Å². The fraction of sp³-hybridized carbons (Fsp3) is 0.278. The topological polar surface area (TPSA) is 91.4 Å². The summed E-state index contributed by atoms with van der Waals surface area (Å²) in [5, 5.41) is 20.5. The van der Waals surface area contributed by atoms with E-state index in [2.05, 4.69) is 4.85 Å². The van der Waals surface area contributed by atoms with Crippen LogP contribution in [0.1, 0.15) is 0 Å². The molecule has 0 bridgehead atoms. The Morgan fingerprint density at radius 2 is 2.00 bits per heavy atom. The molecule has 2 aromatic rings. The summed E-state index contributed by atoms with van der Waals surface area (Å²) >= 11 is 5.81. The van der Waals surface area contributed by atoms with Gasteiger partial charge in [0.15, 0.2) is 11.6 Å². The Morgan fingerprint density at radius 1 is 1.28 bits per heavy atom. The number of β-amino-alcohol motifs (C(OH)–C–C–N with tert-alkyl or cyclic N) is 1. The van der Waals surface area contributed by atoms with Crippen molar-refractivity contribution < 1.29 is 32.1 Å². The number of benzene rings is 2. The van der Waals surface area contributed by atoms with E-state index in [0.717, 1.165) is 22.5 Å². The zero-order valence-corrected chi connectivity index (χ0v) is 16.3. The fourth-order valence-corrected chi connectivity index (χ4v) is 4.74. The molecule has 1 aliphatic heterocycles. The molecule has 0 aromatic heterocycles. The van der Waals surface area contributed by atoms with Gasteiger partial charge in [0.25, 0.3) is 0 Å². The average molecular weight is 445 g/mol. The highest BCUT2D eigenvalue weighted by atomic mass is 35.5. The summed E-state index contributed by atoms with van der Waals surface area (Å²) in [6.45, 7) is 5.41. The second kappa shape index (κ2) is 7.85. The highest BCUT2D eigenvalue weighted by Gasteiger charge is 2.51. The molecule has 0 amide bonds. The lowest BCUT2D eigenvalue weighted by atomic mass is 10.0. The third-order valence-corrected chi connectivity index (χ3v) is 6.62. The second-order valence-corrected chi connectivity index (χ2v) is 8.81. The second-order valence-electron chi connectivity index (χ2n) is 6.47. The first-order valence-electron chi connectivity index (χ1n) is 8.23. The Labute approximate surface area is 170 Å². The van der Waals surface area contributed by atoms with E-state index in [0.29, 0.717) is 0 Å². The molecule has 11 heteroatoms. The van der Waals surface area contributed by atoms with E-state index in [1.165, 1.54) is 18.2 Å². The lowest BCUT2D eigenvalue weighted by molar-refractivity contribution is -0.0641. The Kier molecular flexibility index (Phi) is 5.80. The first-order chi connectivity index (χ1) is 13.6. The quantitative estimate of drug-likeness (QED) is 0.691. The van der Waals surface area contributed by atoms with Crippen molar-refractivity contribution in [2.24, 2.45) is 0 Å². The van der Waals surface area contributed by atoms with Crippen molar-refractivity contribution in [2.45, 2.75) is 16.6 Å². The van der Waals surface area contributed by atoms with Gasteiger partial charge in [0.05, 0.1) is 24.6 Å². The summed E-state index contributed by atoms with van der Waals surface area (Å²) in [5.74, 6) is -2.42. The number of sulfonamides is 1. The van der Waals surface area contributed by atoms with Crippen molar-refractivity contribution in [3.63, 3.8) is 0 Å². The molecule has 2 atom stereocenters. The largest absolute Gasteiger partial charge is 0.486 e. The lowest BCUT2D eigenvalue weighted by Gasteiger charge is -2.27. The van der Waals surface area contributed by atoms with Crippen LogP contribution in [-0.2, 0) is 10.0 Å². The van der Waals surface area contributed by atoms with E-state index >= 15 is 0 Å². The zero-order valence-electron chi connectivity index (χ0n) is 14.7. The zero-order chi connectivity index (χ0) is 21.4. The molecule has 1 fully saturated rings. The van der Waals surface area contributed by atoms with Crippen LogP contribution in [0.4, 0.5) is 14.5 Å². The van der Waals surface area contributed by atoms with Crippen LogP contribution in [0.3, 0.4) is 0 Å². The van der Waals surface area contributed by atoms with Gasteiger partial charge in [-0.2, -0.15) is 4.31 Å². The number of aliphatic hydroxyl groups excluding tert-OH is 1. The van der Waals surface area contributed by atoms with Crippen LogP contribution < -0.4 is 4.74 Å². The summed E-state index contributed by atoms with van der Waals surface area (Å²) in [7, 11) is -4.24. The molecule has 7 nitrogen and oxygen atoms in total. The minimum absolute atomic E-state index is 0.145. The van der Waals surface area contributed by atoms with E-state index < -0.39 is 53.1 Å². The van der Waals surface area contributed by atoms with E-state index in [9.17, 15) is 27.4 Å². The van der Waals surface area contributed by atoms with Crippen molar-refractivity contribution in [1.29, 1.82) is 0 Å². The van der Waals surface area contributed by atoms with Crippen molar-refractivity contribution in [3.05, 3.63) is 64.5 Å². The van der Waals surface area contributed by atoms with Gasteiger partial charge in [-0.05, 0) is 24.3 Å². The SMILES string of the molecule is [C-]#[N+]c1cc(Cl)ccc1S(=O)(=O)N1C[C@H](Oc2ccc(F)c(F)c2)[C@](O)(CO)C1. The van der Waals surface area contributed by atoms with Crippen LogP contribution >= 0.6 is 11.6 Å². The Hall–Kier alpha value is -2.29. The number of hydrogen-bond acceptors (Lipinski definition) is 5. The summed E-state index contributed by atoms with van der Waals surface area (Å²) < 4.78 is 58.8. The molecular formula is C18H15ClF2N2O5S. The first-order valence-corrected chi connectivity index (χ1v) is 10.0. The summed E-state index contributed by atoms with van der Waals surface area (Å²) in [5.41, 5.74) is -2.20. The van der Waals surface area contributed by atoms with Gasteiger partial charge in [-0.3, -0.25) is 0 Å². The molecule has 0 saturated carbocycles. The van der Waals surface area contributed by atoms with Crippen LogP contribution in [0.5, 0.6) is 5.75 Å². The minimum atomic E-state index is -4.24. The van der Waals surface area contributed by atoms with E-state index in [1.54, 1.807) is 0 Å². The fourth-order valence-electron chi connectivity index (χ4n) is 2.96. The van der Waals surface area contributed by atoms with E-state index in [-0.39, 0.29) is 21.4 Å². The number of nitrogens with zero attached hydrogens (tertiary/aromatic N) is 2. The van der Waals surface area contributed by atoms with Crippen molar-refractivity contribution in [3.8, 4) is 5.75 Å². The van der Waals surface area contributed by atoms with Crippen LogP contribution in [0.25, 0.3) is 4.85 Å². The maximum atomic E-state index is 13.4. The molecule has 1 aliphatic rings. The average Bonchev–Trinajstić information content (AvgIpc) is 3.02. The van der Waals surface area contributed by atoms with Gasteiger partial charge in [0, 0.05) is 17.6 Å². The van der Waals surface area contributed by atoms with Crippen LogP contribution in [-0.4, -0.2) is 54.3 Å². The van der Waals surface area contributed by atoms with Gasteiger partial charge >= 0.3 is 0 Å². The maximum absolute atomic E-state index is 13.4. The molecule has 0 unspecified atom stereocenters. The molecule has 1 saturated heterocycles. The van der Waals surface area contributed by atoms with E-state index in [1.807, 2.05) is 0 Å². The van der Waals surface area contributed by atoms with Crippen LogP contribution in [0.2, 0.25) is 5.02 Å². The number of halogens is 3. The highest BCUT2D eigenvalue weighted by Crippen LogP contribution is 2.35. The summed E-state index contributed by atoms with van der Waals surface area (Å²) in [4.78, 5) is 2.86. The third kappa shape index (κ3) is 4.05. The van der Waals surface area contributed by atoms with Crippen molar-refractivity contribution >= 4 is 27.3 Å². The van der Waals surface area contributed by atoms with Crippen LogP contribution in [0, 0.1) is 18.2 Å². The predicted molar refractivity (Wildman–Crippen MR) is 99.3 cm³/mol. The monoisotopic (exact) mass is 444 g/mol. The molecule has 2 aromatic carbocycles. The molecule has 0 spiro atoms. The predicted octanol–water partition coefficient (Wildman–Crippen LogP) is 2.34.